The number of fused-ring (bicyclic) bond motifs is 1. The van der Waals surface area contributed by atoms with Crippen molar-refractivity contribution in [2.75, 3.05) is 33.7 Å². The predicted octanol–water partition coefficient (Wildman–Crippen LogP) is 1.32. The number of benzene rings is 1. The van der Waals surface area contributed by atoms with Gasteiger partial charge < -0.3 is 29.7 Å². The number of aromatic nitrogens is 1. The number of ether oxygens (including phenoxy) is 4. The van der Waals surface area contributed by atoms with E-state index in [1.165, 1.54) is 19.2 Å². The van der Waals surface area contributed by atoms with Gasteiger partial charge in [0.05, 0.1) is 45.1 Å². The average molecular weight is 406 g/mol. The second-order valence-electron chi connectivity index (χ2n) is 5.97. The summed E-state index contributed by atoms with van der Waals surface area (Å²) < 4.78 is 19.6. The molecule has 29 heavy (non-hydrogen) atoms. The molecular weight excluding hydrogens is 384 g/mol. The van der Waals surface area contributed by atoms with Crippen molar-refractivity contribution >= 4 is 40.3 Å². The number of aromatic amines is 1. The van der Waals surface area contributed by atoms with Gasteiger partial charge in [-0.3, -0.25) is 9.59 Å². The van der Waals surface area contributed by atoms with Crippen molar-refractivity contribution in [2.24, 2.45) is 0 Å². The van der Waals surface area contributed by atoms with Gasteiger partial charge in [0.25, 0.3) is 0 Å². The highest BCUT2D eigenvalue weighted by molar-refractivity contribution is 6.34. The van der Waals surface area contributed by atoms with E-state index in [2.05, 4.69) is 9.72 Å². The Labute approximate surface area is 166 Å². The van der Waals surface area contributed by atoms with Crippen molar-refractivity contribution in [3.8, 4) is 5.75 Å². The van der Waals surface area contributed by atoms with Gasteiger partial charge >= 0.3 is 17.9 Å². The number of carbonyl (C=O) groups excluding carboxylic acids is 4. The zero-order valence-electron chi connectivity index (χ0n) is 16.5. The molecule has 1 atom stereocenters. The van der Waals surface area contributed by atoms with Gasteiger partial charge in [-0.15, -0.1) is 0 Å². The van der Waals surface area contributed by atoms with Gasteiger partial charge in [-0.05, 0) is 13.0 Å². The van der Waals surface area contributed by atoms with Crippen LogP contribution in [0.1, 0.15) is 35.3 Å². The molecule has 0 aliphatic heterocycles. The summed E-state index contributed by atoms with van der Waals surface area (Å²) in [6.07, 6.45) is -0.519. The van der Waals surface area contributed by atoms with Crippen LogP contribution in [-0.2, 0) is 28.6 Å². The highest BCUT2D eigenvalue weighted by Crippen LogP contribution is 2.40. The van der Waals surface area contributed by atoms with Crippen LogP contribution in [0.5, 0.6) is 5.75 Å². The summed E-state index contributed by atoms with van der Waals surface area (Å²) in [6.45, 7) is 1.83. The van der Waals surface area contributed by atoms with Crippen LogP contribution in [0.4, 0.5) is 5.69 Å². The Morgan fingerprint density at radius 2 is 1.79 bits per heavy atom. The molecule has 2 aromatic rings. The quantitative estimate of drug-likeness (QED) is 0.287. The molecule has 1 unspecified atom stereocenters. The second-order valence-corrected chi connectivity index (χ2v) is 5.97. The molecular formula is C19H22N2O8. The lowest BCUT2D eigenvalue weighted by molar-refractivity contribution is -0.153. The van der Waals surface area contributed by atoms with Gasteiger partial charge in [0.15, 0.2) is 0 Å². The zero-order chi connectivity index (χ0) is 21.7. The van der Waals surface area contributed by atoms with E-state index in [1.807, 2.05) is 0 Å². The summed E-state index contributed by atoms with van der Waals surface area (Å²) in [4.78, 5) is 51.2. The molecule has 0 aliphatic rings. The highest BCUT2D eigenvalue weighted by Gasteiger charge is 2.33. The number of anilines is 1. The van der Waals surface area contributed by atoms with Gasteiger partial charge in [-0.2, -0.15) is 0 Å². The molecule has 10 heteroatoms. The van der Waals surface area contributed by atoms with Crippen LogP contribution in [0, 0.1) is 0 Å². The monoisotopic (exact) mass is 406 g/mol. The number of H-pyrrole nitrogens is 1. The summed E-state index contributed by atoms with van der Waals surface area (Å²) in [5, 5.41) is 0.359. The summed E-state index contributed by atoms with van der Waals surface area (Å²) in [5.41, 5.74) is 6.99. The Balaban J connectivity index is 2.72. The number of methoxy groups -OCH3 is 3. The smallest absolute Gasteiger partial charge is 0.374 e. The van der Waals surface area contributed by atoms with Crippen molar-refractivity contribution in [2.45, 2.75) is 19.3 Å². The van der Waals surface area contributed by atoms with Gasteiger partial charge in [0.1, 0.15) is 11.4 Å². The standard InChI is InChI=1S/C19H22N2O8/c1-5-29-18(24)12-6-9-15(14(26-2)8-11(20)16(9)21-12)10(17(23)27-3)7-13(22)19(25)28-4/h6,8,10,21H,5,7,20H2,1-4H3. The summed E-state index contributed by atoms with van der Waals surface area (Å²) >= 11 is 0. The SMILES string of the molecule is CCOC(=O)c1cc2c(C(CC(=O)C(=O)OC)C(=O)OC)c(OC)cc(N)c2[nH]1. The summed E-state index contributed by atoms with van der Waals surface area (Å²) in [7, 11) is 3.58. The van der Waals surface area contributed by atoms with Crippen molar-refractivity contribution in [3.63, 3.8) is 0 Å². The first-order chi connectivity index (χ1) is 13.8. The lowest BCUT2D eigenvalue weighted by Gasteiger charge is -2.19. The van der Waals surface area contributed by atoms with Gasteiger partial charge in [0, 0.05) is 23.4 Å². The molecule has 0 amide bonds. The summed E-state index contributed by atoms with van der Waals surface area (Å²) in [5.74, 6) is -4.41. The number of nitrogens with one attached hydrogen (secondary N) is 1. The molecule has 1 aromatic heterocycles. The molecule has 0 spiro atoms. The minimum absolute atomic E-state index is 0.103. The molecule has 0 fully saturated rings. The van der Waals surface area contributed by atoms with E-state index in [-0.39, 0.29) is 29.3 Å². The van der Waals surface area contributed by atoms with E-state index in [0.717, 1.165) is 14.2 Å². The Hall–Kier alpha value is -3.56. The van der Waals surface area contributed by atoms with Crippen molar-refractivity contribution < 1.29 is 38.1 Å². The number of rotatable bonds is 8. The number of esters is 3. The number of nitrogens with two attached hydrogens (primary N) is 1. The van der Waals surface area contributed by atoms with Crippen LogP contribution in [0.2, 0.25) is 0 Å². The molecule has 1 heterocycles. The normalized spacial score (nSPS) is 11.6. The molecule has 0 saturated carbocycles. The van der Waals surface area contributed by atoms with Crippen LogP contribution >= 0.6 is 0 Å². The van der Waals surface area contributed by atoms with Crippen molar-refractivity contribution in [3.05, 3.63) is 23.4 Å². The lowest BCUT2D eigenvalue weighted by atomic mass is 9.89. The number of hydrogen-bond acceptors (Lipinski definition) is 9. The largest absolute Gasteiger partial charge is 0.496 e. The van der Waals surface area contributed by atoms with E-state index in [0.29, 0.717) is 10.9 Å². The maximum absolute atomic E-state index is 12.5. The van der Waals surface area contributed by atoms with E-state index in [1.54, 1.807) is 6.92 Å². The molecule has 0 bridgehead atoms. The fourth-order valence-electron chi connectivity index (χ4n) is 2.99. The number of hydrogen-bond donors (Lipinski definition) is 2. The zero-order valence-corrected chi connectivity index (χ0v) is 16.5. The first kappa shape index (κ1) is 21.7. The average Bonchev–Trinajstić information content (AvgIpc) is 3.17. The van der Waals surface area contributed by atoms with E-state index in [9.17, 15) is 19.2 Å². The lowest BCUT2D eigenvalue weighted by Crippen LogP contribution is -2.24. The third kappa shape index (κ3) is 4.31. The molecule has 3 N–H and O–H groups in total. The second kappa shape index (κ2) is 9.09. The van der Waals surface area contributed by atoms with Gasteiger partial charge in [-0.25, -0.2) is 9.59 Å². The predicted molar refractivity (Wildman–Crippen MR) is 102 cm³/mol. The van der Waals surface area contributed by atoms with Crippen LogP contribution in [-0.4, -0.2) is 56.6 Å². The number of Topliss-reactive ketones (excluding diaryl/α,β-unsaturated/α-hetero) is 1. The van der Waals surface area contributed by atoms with Gasteiger partial charge in [-0.1, -0.05) is 0 Å². The fraction of sp³-hybridized carbons (Fsp3) is 0.368. The minimum Gasteiger partial charge on any atom is -0.496 e. The maximum Gasteiger partial charge on any atom is 0.374 e. The molecule has 0 saturated heterocycles. The van der Waals surface area contributed by atoms with Crippen LogP contribution in [0.25, 0.3) is 10.9 Å². The third-order valence-electron chi connectivity index (χ3n) is 4.30. The Morgan fingerprint density at radius 3 is 2.34 bits per heavy atom. The minimum atomic E-state index is -1.20. The molecule has 0 aliphatic carbocycles. The first-order valence-corrected chi connectivity index (χ1v) is 8.64. The first-order valence-electron chi connectivity index (χ1n) is 8.64. The molecule has 156 valence electrons. The fourth-order valence-corrected chi connectivity index (χ4v) is 2.99. The van der Waals surface area contributed by atoms with Crippen LogP contribution in [0.3, 0.4) is 0 Å². The molecule has 0 radical (unpaired) electrons. The topological polar surface area (TPSA) is 147 Å². The maximum atomic E-state index is 12.5. The highest BCUT2D eigenvalue weighted by atomic mass is 16.5. The van der Waals surface area contributed by atoms with E-state index in [4.69, 9.17) is 19.9 Å². The van der Waals surface area contributed by atoms with E-state index >= 15 is 0 Å². The third-order valence-corrected chi connectivity index (χ3v) is 4.30. The van der Waals surface area contributed by atoms with Gasteiger partial charge in [0.2, 0.25) is 5.78 Å². The molecule has 10 nitrogen and oxygen atoms in total. The number of nitrogen functional groups attached to an aromatic ring is 1. The Morgan fingerprint density at radius 1 is 1.10 bits per heavy atom. The Kier molecular flexibility index (Phi) is 6.81. The number of ketones is 1. The van der Waals surface area contributed by atoms with Crippen molar-refractivity contribution in [1.29, 1.82) is 0 Å². The van der Waals surface area contributed by atoms with Crippen LogP contribution in [0.15, 0.2) is 12.1 Å². The summed E-state index contributed by atoms with van der Waals surface area (Å²) in [6, 6.07) is 2.89. The Bertz CT molecular complexity index is 963. The molecule has 2 rings (SSSR count). The molecule has 1 aromatic carbocycles. The van der Waals surface area contributed by atoms with Crippen molar-refractivity contribution in [1.82, 2.24) is 4.98 Å². The van der Waals surface area contributed by atoms with Crippen LogP contribution < -0.4 is 10.5 Å². The number of carbonyl (C=O) groups is 4. The van der Waals surface area contributed by atoms with E-state index < -0.39 is 36.0 Å².